The first kappa shape index (κ1) is 24.3. The van der Waals surface area contributed by atoms with Crippen molar-refractivity contribution >= 4 is 12.1 Å². The lowest BCUT2D eigenvalue weighted by atomic mass is 9.87. The zero-order valence-electron chi connectivity index (χ0n) is 20.2. The largest absolute Gasteiger partial charge is 0.487 e. The Balaban J connectivity index is 1.48. The summed E-state index contributed by atoms with van der Waals surface area (Å²) < 4.78 is 21.9. The maximum absolute atomic E-state index is 12.3. The SMILES string of the molecule is CCOC(=O)N1C[C@H](CC(=O)OC)[C@H](c2cccc(OCc3nc(-c4ccccc4)oc3C)c2)C1. The maximum atomic E-state index is 12.3. The van der Waals surface area contributed by atoms with E-state index >= 15 is 0 Å². The van der Waals surface area contributed by atoms with E-state index in [-0.39, 0.29) is 36.9 Å². The molecule has 1 aliphatic rings. The average molecular weight is 479 g/mol. The van der Waals surface area contributed by atoms with Crippen molar-refractivity contribution in [1.82, 2.24) is 9.88 Å². The predicted octanol–water partition coefficient (Wildman–Crippen LogP) is 4.96. The van der Waals surface area contributed by atoms with Crippen LogP contribution in [0.25, 0.3) is 11.5 Å². The number of methoxy groups -OCH3 is 1. The number of benzene rings is 2. The van der Waals surface area contributed by atoms with Crippen LogP contribution in [0, 0.1) is 12.8 Å². The molecule has 2 aromatic carbocycles. The molecular weight excluding hydrogens is 448 g/mol. The molecule has 0 N–H and O–H groups in total. The van der Waals surface area contributed by atoms with Gasteiger partial charge < -0.3 is 23.5 Å². The van der Waals surface area contributed by atoms with Gasteiger partial charge in [-0.15, -0.1) is 0 Å². The van der Waals surface area contributed by atoms with Gasteiger partial charge in [-0.05, 0) is 49.6 Å². The molecule has 2 atom stereocenters. The quantitative estimate of drug-likeness (QED) is 0.423. The van der Waals surface area contributed by atoms with E-state index in [2.05, 4.69) is 4.98 Å². The standard InChI is InChI=1S/C27H30N2O6/c1-4-33-27(31)29-15-21(14-25(30)32-3)23(16-29)20-11-8-12-22(13-20)34-17-24-18(2)35-26(28-24)19-9-6-5-7-10-19/h5-13,21,23H,4,14-17H2,1-3H3/t21-,23-/m0/s1. The number of esters is 1. The molecule has 184 valence electrons. The molecule has 0 bridgehead atoms. The summed E-state index contributed by atoms with van der Waals surface area (Å²) in [4.78, 5) is 30.6. The number of aryl methyl sites for hydroxylation is 1. The lowest BCUT2D eigenvalue weighted by molar-refractivity contribution is -0.141. The van der Waals surface area contributed by atoms with Gasteiger partial charge in [0.15, 0.2) is 0 Å². The number of carbonyl (C=O) groups excluding carboxylic acids is 2. The Morgan fingerprint density at radius 1 is 1.11 bits per heavy atom. The molecule has 0 unspecified atom stereocenters. The third kappa shape index (κ3) is 5.82. The monoisotopic (exact) mass is 478 g/mol. The lowest BCUT2D eigenvalue weighted by Crippen LogP contribution is -2.29. The minimum absolute atomic E-state index is 0.0412. The number of hydrogen-bond donors (Lipinski definition) is 0. The van der Waals surface area contributed by atoms with Crippen LogP contribution in [0.3, 0.4) is 0 Å². The fraction of sp³-hybridized carbons (Fsp3) is 0.370. The van der Waals surface area contributed by atoms with E-state index in [1.807, 2.05) is 61.5 Å². The Morgan fingerprint density at radius 3 is 2.66 bits per heavy atom. The van der Waals surface area contributed by atoms with Crippen molar-refractivity contribution in [2.45, 2.75) is 32.8 Å². The summed E-state index contributed by atoms with van der Waals surface area (Å²) in [5.74, 6) is 1.53. The van der Waals surface area contributed by atoms with Crippen LogP contribution in [0.4, 0.5) is 4.79 Å². The van der Waals surface area contributed by atoms with E-state index in [0.29, 0.717) is 37.1 Å². The van der Waals surface area contributed by atoms with Gasteiger partial charge in [-0.25, -0.2) is 9.78 Å². The van der Waals surface area contributed by atoms with Crippen LogP contribution in [0.15, 0.2) is 59.0 Å². The van der Waals surface area contributed by atoms with Crippen molar-refractivity contribution in [2.75, 3.05) is 26.8 Å². The van der Waals surface area contributed by atoms with E-state index in [9.17, 15) is 9.59 Å². The Bertz CT molecular complexity index is 1160. The predicted molar refractivity (Wildman–Crippen MR) is 129 cm³/mol. The second kappa shape index (κ2) is 11.1. The summed E-state index contributed by atoms with van der Waals surface area (Å²) in [5, 5.41) is 0. The molecule has 1 fully saturated rings. The third-order valence-electron chi connectivity index (χ3n) is 6.20. The molecule has 0 radical (unpaired) electrons. The van der Waals surface area contributed by atoms with Gasteiger partial charge in [0.05, 0.1) is 20.1 Å². The molecule has 1 saturated heterocycles. The van der Waals surface area contributed by atoms with Gasteiger partial charge in [0.1, 0.15) is 23.8 Å². The summed E-state index contributed by atoms with van der Waals surface area (Å²) in [7, 11) is 1.37. The zero-order valence-corrected chi connectivity index (χ0v) is 20.2. The van der Waals surface area contributed by atoms with Gasteiger partial charge in [-0.3, -0.25) is 4.79 Å². The molecule has 0 saturated carbocycles. The van der Waals surface area contributed by atoms with Gasteiger partial charge in [0.25, 0.3) is 0 Å². The van der Waals surface area contributed by atoms with Crippen molar-refractivity contribution < 1.29 is 28.2 Å². The molecule has 3 aromatic rings. The molecule has 0 spiro atoms. The topological polar surface area (TPSA) is 91.1 Å². The number of nitrogens with zero attached hydrogens (tertiary/aromatic N) is 2. The minimum atomic E-state index is -0.368. The van der Waals surface area contributed by atoms with Crippen molar-refractivity contribution in [3.05, 3.63) is 71.6 Å². The molecule has 1 aliphatic heterocycles. The Kier molecular flexibility index (Phi) is 7.70. The molecule has 2 heterocycles. The van der Waals surface area contributed by atoms with E-state index in [4.69, 9.17) is 18.6 Å². The number of likely N-dealkylation sites (tertiary alicyclic amines) is 1. The van der Waals surface area contributed by atoms with E-state index < -0.39 is 0 Å². The summed E-state index contributed by atoms with van der Waals surface area (Å²) in [6.07, 6.45) is -0.143. The van der Waals surface area contributed by atoms with Crippen LogP contribution in [0.5, 0.6) is 5.75 Å². The van der Waals surface area contributed by atoms with Crippen LogP contribution < -0.4 is 4.74 Å². The van der Waals surface area contributed by atoms with Crippen molar-refractivity contribution in [3.63, 3.8) is 0 Å². The van der Waals surface area contributed by atoms with E-state index in [1.165, 1.54) is 7.11 Å². The molecule has 0 aliphatic carbocycles. The molecule has 8 nitrogen and oxygen atoms in total. The van der Waals surface area contributed by atoms with Crippen LogP contribution in [-0.2, 0) is 20.9 Å². The van der Waals surface area contributed by atoms with E-state index in [1.54, 1.807) is 11.8 Å². The Hall–Kier alpha value is -3.81. The number of aromatic nitrogens is 1. The highest BCUT2D eigenvalue weighted by Gasteiger charge is 2.38. The fourth-order valence-electron chi connectivity index (χ4n) is 4.37. The third-order valence-corrected chi connectivity index (χ3v) is 6.20. The van der Waals surface area contributed by atoms with Gasteiger partial charge in [0.2, 0.25) is 5.89 Å². The molecule has 4 rings (SSSR count). The summed E-state index contributed by atoms with van der Waals surface area (Å²) in [5.41, 5.74) is 2.63. The second-order valence-electron chi connectivity index (χ2n) is 8.50. The first-order valence-electron chi connectivity index (χ1n) is 11.7. The van der Waals surface area contributed by atoms with Crippen LogP contribution in [0.1, 0.15) is 36.3 Å². The highest BCUT2D eigenvalue weighted by atomic mass is 16.6. The molecular formula is C27H30N2O6. The zero-order chi connectivity index (χ0) is 24.8. The Labute approximate surface area is 204 Å². The molecule has 1 aromatic heterocycles. The Morgan fingerprint density at radius 2 is 1.91 bits per heavy atom. The second-order valence-corrected chi connectivity index (χ2v) is 8.50. The minimum Gasteiger partial charge on any atom is -0.487 e. The van der Waals surface area contributed by atoms with Gasteiger partial charge >= 0.3 is 12.1 Å². The summed E-state index contributed by atoms with van der Waals surface area (Å²) >= 11 is 0. The smallest absolute Gasteiger partial charge is 0.409 e. The molecule has 8 heteroatoms. The number of carbonyl (C=O) groups is 2. The maximum Gasteiger partial charge on any atom is 0.409 e. The number of rotatable bonds is 8. The first-order valence-corrected chi connectivity index (χ1v) is 11.7. The van der Waals surface area contributed by atoms with Gasteiger partial charge in [-0.2, -0.15) is 0 Å². The molecule has 1 amide bonds. The van der Waals surface area contributed by atoms with Crippen molar-refractivity contribution in [3.8, 4) is 17.2 Å². The van der Waals surface area contributed by atoms with Crippen molar-refractivity contribution in [2.24, 2.45) is 5.92 Å². The first-order chi connectivity index (χ1) is 17.0. The number of oxazole rings is 1. The summed E-state index contributed by atoms with van der Waals surface area (Å²) in [6.45, 7) is 5.11. The highest BCUT2D eigenvalue weighted by Crippen LogP contribution is 2.36. The van der Waals surface area contributed by atoms with Crippen molar-refractivity contribution in [1.29, 1.82) is 0 Å². The molecule has 35 heavy (non-hydrogen) atoms. The van der Waals surface area contributed by atoms with Crippen LogP contribution in [-0.4, -0.2) is 48.8 Å². The normalized spacial score (nSPS) is 17.3. The van der Waals surface area contributed by atoms with Crippen LogP contribution in [0.2, 0.25) is 0 Å². The number of amides is 1. The number of hydrogen-bond acceptors (Lipinski definition) is 7. The average Bonchev–Trinajstić information content (AvgIpc) is 3.47. The lowest BCUT2D eigenvalue weighted by Gasteiger charge is -2.18. The van der Waals surface area contributed by atoms with Gasteiger partial charge in [-0.1, -0.05) is 30.3 Å². The summed E-state index contributed by atoms with van der Waals surface area (Å²) in [6, 6.07) is 17.5. The van der Waals surface area contributed by atoms with Crippen LogP contribution >= 0.6 is 0 Å². The highest BCUT2D eigenvalue weighted by molar-refractivity contribution is 5.71. The fourth-order valence-corrected chi connectivity index (χ4v) is 4.37. The van der Waals surface area contributed by atoms with Gasteiger partial charge in [0, 0.05) is 24.6 Å². The number of ether oxygens (including phenoxy) is 3. The van der Waals surface area contributed by atoms with E-state index in [0.717, 1.165) is 16.8 Å².